The van der Waals surface area contributed by atoms with Crippen molar-refractivity contribution < 1.29 is 9.53 Å². The molecule has 0 aromatic heterocycles. The van der Waals surface area contributed by atoms with E-state index in [-0.39, 0.29) is 12.1 Å². The first-order chi connectivity index (χ1) is 9.87. The Balaban J connectivity index is 2.02. The molecule has 0 bridgehead atoms. The van der Waals surface area contributed by atoms with Crippen molar-refractivity contribution in [2.75, 3.05) is 13.1 Å². The lowest BCUT2D eigenvalue weighted by Crippen LogP contribution is -2.37. The maximum Gasteiger partial charge on any atom is 0.410 e. The molecule has 1 fully saturated rings. The monoisotopic (exact) mass is 290 g/mol. The number of rotatable bonds is 1. The molecule has 1 heterocycles. The molecule has 0 spiro atoms. The van der Waals surface area contributed by atoms with Crippen LogP contribution in [-0.4, -0.2) is 35.7 Å². The number of amides is 1. The van der Waals surface area contributed by atoms with Crippen LogP contribution in [0.15, 0.2) is 30.3 Å². The van der Waals surface area contributed by atoms with Crippen molar-refractivity contribution in [2.45, 2.75) is 51.2 Å². The molecule has 0 unspecified atom stereocenters. The van der Waals surface area contributed by atoms with Crippen LogP contribution < -0.4 is 5.73 Å². The van der Waals surface area contributed by atoms with Crippen LogP contribution in [0.4, 0.5) is 4.79 Å². The molecule has 0 saturated carbocycles. The Morgan fingerprint density at radius 2 is 1.81 bits per heavy atom. The number of benzene rings is 1. The summed E-state index contributed by atoms with van der Waals surface area (Å²) in [5.41, 5.74) is 7.13. The van der Waals surface area contributed by atoms with Crippen LogP contribution >= 0.6 is 0 Å². The van der Waals surface area contributed by atoms with Crippen molar-refractivity contribution in [1.82, 2.24) is 4.90 Å². The van der Waals surface area contributed by atoms with Crippen molar-refractivity contribution in [3.8, 4) is 0 Å². The molecule has 2 rings (SSSR count). The predicted octanol–water partition coefficient (Wildman–Crippen LogP) is 3.13. The minimum atomic E-state index is -0.454. The molecule has 2 atom stereocenters. The Hall–Kier alpha value is -1.55. The number of ether oxygens (including phenoxy) is 1. The minimum absolute atomic E-state index is 0.0832. The number of nitrogens with two attached hydrogens (primary N) is 1. The molecule has 4 nitrogen and oxygen atoms in total. The molecule has 1 aliphatic heterocycles. The zero-order chi connectivity index (χ0) is 15.5. The van der Waals surface area contributed by atoms with Crippen LogP contribution in [0.2, 0.25) is 0 Å². The molecule has 1 amide bonds. The predicted molar refractivity (Wildman–Crippen MR) is 84.2 cm³/mol. The molecule has 1 aromatic carbocycles. The summed E-state index contributed by atoms with van der Waals surface area (Å²) in [7, 11) is 0. The van der Waals surface area contributed by atoms with E-state index >= 15 is 0 Å². The number of carbonyl (C=O) groups excluding carboxylic acids is 1. The lowest BCUT2D eigenvalue weighted by Gasteiger charge is -2.26. The fourth-order valence-corrected chi connectivity index (χ4v) is 2.75. The van der Waals surface area contributed by atoms with Gasteiger partial charge in [-0.1, -0.05) is 30.3 Å². The average Bonchev–Trinajstić information content (AvgIpc) is 2.60. The van der Waals surface area contributed by atoms with Gasteiger partial charge in [0.2, 0.25) is 0 Å². The van der Waals surface area contributed by atoms with Gasteiger partial charge in [-0.15, -0.1) is 0 Å². The van der Waals surface area contributed by atoms with E-state index in [4.69, 9.17) is 10.5 Å². The Morgan fingerprint density at radius 3 is 2.43 bits per heavy atom. The summed E-state index contributed by atoms with van der Waals surface area (Å²) < 4.78 is 5.46. The molecule has 116 valence electrons. The second kappa shape index (κ2) is 6.48. The first-order valence-corrected chi connectivity index (χ1v) is 7.65. The van der Waals surface area contributed by atoms with Gasteiger partial charge in [0, 0.05) is 25.0 Å². The van der Waals surface area contributed by atoms with Crippen LogP contribution in [0.1, 0.15) is 45.1 Å². The van der Waals surface area contributed by atoms with Gasteiger partial charge in [0.25, 0.3) is 0 Å². The average molecular weight is 290 g/mol. The molecular weight excluding hydrogens is 264 g/mol. The quantitative estimate of drug-likeness (QED) is 0.864. The molecule has 0 aliphatic carbocycles. The smallest absolute Gasteiger partial charge is 0.410 e. The number of likely N-dealkylation sites (tertiary alicyclic amines) is 1. The van der Waals surface area contributed by atoms with Gasteiger partial charge in [-0.05, 0) is 39.2 Å². The van der Waals surface area contributed by atoms with Crippen molar-refractivity contribution in [3.63, 3.8) is 0 Å². The lowest BCUT2D eigenvalue weighted by atomic mass is 9.88. The Kier molecular flexibility index (Phi) is 4.88. The summed E-state index contributed by atoms with van der Waals surface area (Å²) >= 11 is 0. The van der Waals surface area contributed by atoms with E-state index in [9.17, 15) is 4.79 Å². The van der Waals surface area contributed by atoms with Crippen LogP contribution in [0.25, 0.3) is 0 Å². The summed E-state index contributed by atoms with van der Waals surface area (Å²) in [6.07, 6.45) is 1.45. The van der Waals surface area contributed by atoms with Crippen LogP contribution in [0.3, 0.4) is 0 Å². The van der Waals surface area contributed by atoms with Gasteiger partial charge in [-0.3, -0.25) is 0 Å². The normalized spacial score (nSPS) is 23.5. The summed E-state index contributed by atoms with van der Waals surface area (Å²) in [6, 6.07) is 10.4. The molecule has 1 aliphatic rings. The zero-order valence-electron chi connectivity index (χ0n) is 13.2. The van der Waals surface area contributed by atoms with Gasteiger partial charge in [0.05, 0.1) is 0 Å². The minimum Gasteiger partial charge on any atom is -0.444 e. The first-order valence-electron chi connectivity index (χ1n) is 7.65. The van der Waals surface area contributed by atoms with Gasteiger partial charge in [0.15, 0.2) is 0 Å². The van der Waals surface area contributed by atoms with E-state index in [2.05, 4.69) is 12.1 Å². The Labute approximate surface area is 127 Å². The van der Waals surface area contributed by atoms with Crippen molar-refractivity contribution in [2.24, 2.45) is 5.73 Å². The van der Waals surface area contributed by atoms with E-state index in [0.29, 0.717) is 19.0 Å². The maximum absolute atomic E-state index is 12.2. The van der Waals surface area contributed by atoms with Crippen molar-refractivity contribution in [3.05, 3.63) is 35.9 Å². The van der Waals surface area contributed by atoms with Crippen LogP contribution in [-0.2, 0) is 4.74 Å². The van der Waals surface area contributed by atoms with E-state index in [1.165, 1.54) is 5.56 Å². The summed E-state index contributed by atoms with van der Waals surface area (Å²) in [4.78, 5) is 14.0. The highest BCUT2D eigenvalue weighted by Crippen LogP contribution is 2.27. The Morgan fingerprint density at radius 1 is 1.19 bits per heavy atom. The molecule has 1 aromatic rings. The van der Waals surface area contributed by atoms with Gasteiger partial charge >= 0.3 is 6.09 Å². The third-order valence-corrected chi connectivity index (χ3v) is 3.84. The summed E-state index contributed by atoms with van der Waals surface area (Å²) in [5.74, 6) is 0.304. The molecule has 4 heteroatoms. The summed E-state index contributed by atoms with van der Waals surface area (Å²) in [6.45, 7) is 7.03. The number of hydrogen-bond donors (Lipinski definition) is 1. The van der Waals surface area contributed by atoms with E-state index < -0.39 is 5.60 Å². The van der Waals surface area contributed by atoms with Gasteiger partial charge < -0.3 is 15.4 Å². The lowest BCUT2D eigenvalue weighted by molar-refractivity contribution is 0.0256. The van der Waals surface area contributed by atoms with Gasteiger partial charge in [-0.25, -0.2) is 4.79 Å². The maximum atomic E-state index is 12.2. The van der Waals surface area contributed by atoms with Crippen LogP contribution in [0.5, 0.6) is 0 Å². The molecule has 2 N–H and O–H groups in total. The van der Waals surface area contributed by atoms with Gasteiger partial charge in [-0.2, -0.15) is 0 Å². The third kappa shape index (κ3) is 4.46. The summed E-state index contributed by atoms with van der Waals surface area (Å²) in [5, 5.41) is 0. The second-order valence-corrected chi connectivity index (χ2v) is 6.73. The molecular formula is C17H26N2O2. The van der Waals surface area contributed by atoms with Crippen molar-refractivity contribution >= 4 is 6.09 Å². The number of hydrogen-bond acceptors (Lipinski definition) is 3. The fraction of sp³-hybridized carbons (Fsp3) is 0.588. The fourth-order valence-electron chi connectivity index (χ4n) is 2.75. The molecule has 0 radical (unpaired) electrons. The van der Waals surface area contributed by atoms with E-state index in [0.717, 1.165) is 12.8 Å². The topological polar surface area (TPSA) is 55.6 Å². The second-order valence-electron chi connectivity index (χ2n) is 6.73. The Bertz CT molecular complexity index is 467. The number of carbonyl (C=O) groups is 1. The largest absolute Gasteiger partial charge is 0.444 e. The SMILES string of the molecule is CC(C)(C)OC(=O)N1CC[C@H](c2ccccc2)[C@@H](N)CC1. The zero-order valence-corrected chi connectivity index (χ0v) is 13.2. The highest BCUT2D eigenvalue weighted by molar-refractivity contribution is 5.68. The molecule has 1 saturated heterocycles. The standard InChI is InChI=1S/C17H26N2O2/c1-17(2,3)21-16(20)19-11-9-14(15(18)10-12-19)13-7-5-4-6-8-13/h4-8,14-15H,9-12,18H2,1-3H3/t14-,15+/m1/s1. The van der Waals surface area contributed by atoms with Crippen LogP contribution in [0, 0.1) is 0 Å². The highest BCUT2D eigenvalue weighted by Gasteiger charge is 2.29. The third-order valence-electron chi connectivity index (χ3n) is 3.84. The molecule has 21 heavy (non-hydrogen) atoms. The van der Waals surface area contributed by atoms with E-state index in [1.807, 2.05) is 39.0 Å². The van der Waals surface area contributed by atoms with Gasteiger partial charge in [0.1, 0.15) is 5.60 Å². The highest BCUT2D eigenvalue weighted by atomic mass is 16.6. The first kappa shape index (κ1) is 15.8. The van der Waals surface area contributed by atoms with E-state index in [1.54, 1.807) is 4.90 Å². The van der Waals surface area contributed by atoms with Crippen molar-refractivity contribution in [1.29, 1.82) is 0 Å². The number of nitrogens with zero attached hydrogens (tertiary/aromatic N) is 1.